The lowest BCUT2D eigenvalue weighted by Gasteiger charge is -2.19. The van der Waals surface area contributed by atoms with Crippen LogP contribution in [0, 0.1) is 0 Å². The molecule has 0 aromatic heterocycles. The average Bonchev–Trinajstić information content (AvgIpc) is 2.67. The number of carbonyl (C=O) groups is 2. The number of amides is 1. The van der Waals surface area contributed by atoms with E-state index in [1.807, 2.05) is 37.3 Å². The molecular formula is C23H35NO3. The number of nitrogens with one attached hydrogen (secondary N) is 1. The Labute approximate surface area is 164 Å². The van der Waals surface area contributed by atoms with E-state index in [1.165, 1.54) is 32.1 Å². The van der Waals surface area contributed by atoms with Crippen LogP contribution in [0.15, 0.2) is 42.5 Å². The van der Waals surface area contributed by atoms with Crippen molar-refractivity contribution in [3.8, 4) is 0 Å². The van der Waals surface area contributed by atoms with Crippen LogP contribution in [-0.2, 0) is 20.7 Å². The number of hydrogen-bond donors (Lipinski definition) is 1. The van der Waals surface area contributed by atoms with Crippen LogP contribution in [0.5, 0.6) is 0 Å². The van der Waals surface area contributed by atoms with E-state index >= 15 is 0 Å². The van der Waals surface area contributed by atoms with Crippen LogP contribution in [0.4, 0.5) is 0 Å². The van der Waals surface area contributed by atoms with Crippen molar-refractivity contribution in [2.45, 2.75) is 83.8 Å². The molecule has 0 unspecified atom stereocenters. The molecule has 0 aliphatic rings. The first-order valence-electron chi connectivity index (χ1n) is 10.3. The normalized spacial score (nSPS) is 13.3. The van der Waals surface area contributed by atoms with Crippen LogP contribution < -0.4 is 5.32 Å². The molecule has 0 heterocycles. The number of rotatable bonds is 15. The first kappa shape index (κ1) is 22.9. The number of hydrogen-bond acceptors (Lipinski definition) is 3. The van der Waals surface area contributed by atoms with Crippen LogP contribution in [0.1, 0.15) is 70.8 Å². The van der Waals surface area contributed by atoms with Gasteiger partial charge in [-0.1, -0.05) is 75.1 Å². The fourth-order valence-electron chi connectivity index (χ4n) is 2.91. The number of allylic oxidation sites excluding steroid dienone is 2. The molecule has 0 spiro atoms. The van der Waals surface area contributed by atoms with Gasteiger partial charge in [-0.15, -0.1) is 0 Å². The summed E-state index contributed by atoms with van der Waals surface area (Å²) in [7, 11) is 0. The Morgan fingerprint density at radius 2 is 1.78 bits per heavy atom. The number of benzene rings is 1. The lowest BCUT2D eigenvalue weighted by Crippen LogP contribution is -2.40. The van der Waals surface area contributed by atoms with Crippen LogP contribution in [0.3, 0.4) is 0 Å². The SMILES string of the molecule is CCCCCCC/C=C/CC[C@@H](C)OC(=O)[C@H](Cc1ccccc1)NC=O. The average molecular weight is 374 g/mol. The molecule has 0 bridgehead atoms. The minimum absolute atomic E-state index is 0.168. The van der Waals surface area contributed by atoms with Gasteiger partial charge in [-0.3, -0.25) is 4.79 Å². The fraction of sp³-hybridized carbons (Fsp3) is 0.565. The van der Waals surface area contributed by atoms with E-state index in [2.05, 4.69) is 24.4 Å². The van der Waals surface area contributed by atoms with Crippen molar-refractivity contribution in [1.82, 2.24) is 5.32 Å². The molecule has 1 amide bonds. The summed E-state index contributed by atoms with van der Waals surface area (Å²) in [4.78, 5) is 23.2. The van der Waals surface area contributed by atoms with E-state index in [0.717, 1.165) is 24.8 Å². The lowest BCUT2D eigenvalue weighted by molar-refractivity contribution is -0.151. The Bertz CT molecular complexity index is 542. The second kappa shape index (κ2) is 15.0. The van der Waals surface area contributed by atoms with Crippen molar-refractivity contribution in [2.75, 3.05) is 0 Å². The first-order chi connectivity index (χ1) is 13.2. The highest BCUT2D eigenvalue weighted by Crippen LogP contribution is 2.10. The van der Waals surface area contributed by atoms with Crippen molar-refractivity contribution < 1.29 is 14.3 Å². The summed E-state index contributed by atoms with van der Waals surface area (Å²) in [6.07, 6.45) is 14.5. The predicted octanol–water partition coefficient (Wildman–Crippen LogP) is 4.97. The third kappa shape index (κ3) is 11.3. The van der Waals surface area contributed by atoms with Gasteiger partial charge < -0.3 is 10.1 Å². The molecule has 0 saturated heterocycles. The summed E-state index contributed by atoms with van der Waals surface area (Å²) in [5, 5.41) is 2.57. The zero-order chi connectivity index (χ0) is 19.7. The summed E-state index contributed by atoms with van der Waals surface area (Å²) >= 11 is 0. The second-order valence-corrected chi connectivity index (χ2v) is 7.03. The topological polar surface area (TPSA) is 55.4 Å². The second-order valence-electron chi connectivity index (χ2n) is 7.03. The van der Waals surface area contributed by atoms with Crippen molar-refractivity contribution >= 4 is 12.4 Å². The summed E-state index contributed by atoms with van der Waals surface area (Å²) in [5.74, 6) is -0.377. The maximum atomic E-state index is 12.3. The highest BCUT2D eigenvalue weighted by atomic mass is 16.5. The van der Waals surface area contributed by atoms with Gasteiger partial charge in [-0.05, 0) is 38.2 Å². The van der Waals surface area contributed by atoms with Crippen molar-refractivity contribution in [2.24, 2.45) is 0 Å². The molecular weight excluding hydrogens is 338 g/mol. The Morgan fingerprint density at radius 1 is 1.07 bits per heavy atom. The Kier molecular flexibility index (Phi) is 12.7. The first-order valence-corrected chi connectivity index (χ1v) is 10.3. The van der Waals surface area contributed by atoms with E-state index in [0.29, 0.717) is 12.8 Å². The molecule has 4 nitrogen and oxygen atoms in total. The van der Waals surface area contributed by atoms with Gasteiger partial charge in [0.05, 0.1) is 6.10 Å². The van der Waals surface area contributed by atoms with Gasteiger partial charge in [-0.25, -0.2) is 4.79 Å². The molecule has 2 atom stereocenters. The molecule has 4 heteroatoms. The summed E-state index contributed by atoms with van der Waals surface area (Å²) < 4.78 is 5.52. The summed E-state index contributed by atoms with van der Waals surface area (Å²) in [5.41, 5.74) is 0.989. The van der Waals surface area contributed by atoms with Crippen LogP contribution in [0.25, 0.3) is 0 Å². The van der Waals surface area contributed by atoms with Crippen LogP contribution in [-0.4, -0.2) is 24.5 Å². The van der Waals surface area contributed by atoms with Gasteiger partial charge in [0.15, 0.2) is 0 Å². The van der Waals surface area contributed by atoms with Crippen molar-refractivity contribution in [3.63, 3.8) is 0 Å². The zero-order valence-corrected chi connectivity index (χ0v) is 16.9. The van der Waals surface area contributed by atoms with E-state index in [1.54, 1.807) is 0 Å². The lowest BCUT2D eigenvalue weighted by atomic mass is 10.1. The Morgan fingerprint density at radius 3 is 2.48 bits per heavy atom. The molecule has 1 aromatic carbocycles. The highest BCUT2D eigenvalue weighted by molar-refractivity contribution is 5.78. The summed E-state index contributed by atoms with van der Waals surface area (Å²) in [6.45, 7) is 4.13. The number of unbranched alkanes of at least 4 members (excludes halogenated alkanes) is 5. The standard InChI is InChI=1S/C23H35NO3/c1-3-4-5-6-7-8-9-10-12-15-20(2)27-23(26)22(24-19-25)18-21-16-13-11-14-17-21/h9-11,13-14,16-17,19-20,22H,3-8,12,15,18H2,1-2H3,(H,24,25)/b10-9+/t20-,22+/m1/s1. The maximum absolute atomic E-state index is 12.3. The quantitative estimate of drug-likeness (QED) is 0.204. The largest absolute Gasteiger partial charge is 0.461 e. The number of ether oxygens (including phenoxy) is 1. The maximum Gasteiger partial charge on any atom is 0.329 e. The molecule has 0 radical (unpaired) electrons. The van der Waals surface area contributed by atoms with Crippen LogP contribution in [0.2, 0.25) is 0 Å². The third-order valence-corrected chi connectivity index (χ3v) is 4.53. The fourth-order valence-corrected chi connectivity index (χ4v) is 2.91. The molecule has 1 aromatic rings. The molecule has 27 heavy (non-hydrogen) atoms. The van der Waals surface area contributed by atoms with Gasteiger partial charge in [0.2, 0.25) is 6.41 Å². The van der Waals surface area contributed by atoms with E-state index in [-0.39, 0.29) is 12.1 Å². The van der Waals surface area contributed by atoms with Gasteiger partial charge in [0, 0.05) is 6.42 Å². The number of carbonyl (C=O) groups excluding carboxylic acids is 2. The summed E-state index contributed by atoms with van der Waals surface area (Å²) in [6, 6.07) is 8.97. The van der Waals surface area contributed by atoms with Crippen LogP contribution >= 0.6 is 0 Å². The molecule has 0 aliphatic carbocycles. The van der Waals surface area contributed by atoms with Crippen molar-refractivity contribution in [3.05, 3.63) is 48.0 Å². The molecule has 0 saturated carbocycles. The monoisotopic (exact) mass is 373 g/mol. The van der Waals surface area contributed by atoms with E-state index in [9.17, 15) is 9.59 Å². The minimum atomic E-state index is -0.647. The van der Waals surface area contributed by atoms with E-state index < -0.39 is 6.04 Å². The molecule has 1 rings (SSSR count). The minimum Gasteiger partial charge on any atom is -0.461 e. The third-order valence-electron chi connectivity index (χ3n) is 4.53. The van der Waals surface area contributed by atoms with Gasteiger partial charge in [0.1, 0.15) is 6.04 Å². The molecule has 0 aliphatic heterocycles. The molecule has 1 N–H and O–H groups in total. The van der Waals surface area contributed by atoms with Gasteiger partial charge >= 0.3 is 5.97 Å². The molecule has 150 valence electrons. The molecule has 0 fully saturated rings. The Balaban J connectivity index is 2.27. The number of esters is 1. The highest BCUT2D eigenvalue weighted by Gasteiger charge is 2.21. The predicted molar refractivity (Wildman–Crippen MR) is 110 cm³/mol. The zero-order valence-electron chi connectivity index (χ0n) is 16.9. The van der Waals surface area contributed by atoms with Gasteiger partial charge in [-0.2, -0.15) is 0 Å². The smallest absolute Gasteiger partial charge is 0.329 e. The van der Waals surface area contributed by atoms with E-state index in [4.69, 9.17) is 4.74 Å². The van der Waals surface area contributed by atoms with Crippen molar-refractivity contribution in [1.29, 1.82) is 0 Å². The van der Waals surface area contributed by atoms with Gasteiger partial charge in [0.25, 0.3) is 0 Å². The Hall–Kier alpha value is -2.10.